The van der Waals surface area contributed by atoms with Gasteiger partial charge in [0.15, 0.2) is 0 Å². The van der Waals surface area contributed by atoms with E-state index in [0.717, 1.165) is 5.69 Å². The molecule has 0 spiro atoms. The van der Waals surface area contributed by atoms with Gasteiger partial charge in [-0.3, -0.25) is 4.79 Å². The van der Waals surface area contributed by atoms with Crippen molar-refractivity contribution in [2.75, 3.05) is 151 Å². The van der Waals surface area contributed by atoms with Crippen molar-refractivity contribution < 1.29 is 61.6 Å². The summed E-state index contributed by atoms with van der Waals surface area (Å²) in [5, 5.41) is 2.71. The molecule has 0 aliphatic carbocycles. The van der Waals surface area contributed by atoms with Gasteiger partial charge in [-0.2, -0.15) is 0 Å². The van der Waals surface area contributed by atoms with Crippen LogP contribution in [-0.4, -0.2) is 151 Å². The van der Waals surface area contributed by atoms with E-state index in [0.29, 0.717) is 151 Å². The summed E-state index contributed by atoms with van der Waals surface area (Å²) in [7, 11) is 0. The quantitative estimate of drug-likeness (QED) is 0.0832. The lowest BCUT2D eigenvalue weighted by molar-refractivity contribution is -0.114. The molecular formula is C32H55NO13. The molecule has 14 nitrogen and oxygen atoms in total. The number of anilines is 1. The summed E-state index contributed by atoms with van der Waals surface area (Å²) in [5.74, 6) is 0.607. The lowest BCUT2D eigenvalue weighted by atomic mass is 10.3. The third-order valence-corrected chi connectivity index (χ3v) is 5.48. The van der Waals surface area contributed by atoms with E-state index in [4.69, 9.17) is 56.8 Å². The Morgan fingerprint density at radius 2 is 0.783 bits per heavy atom. The summed E-state index contributed by atoms with van der Waals surface area (Å²) in [6, 6.07) is 7.17. The zero-order chi connectivity index (χ0) is 33.0. The van der Waals surface area contributed by atoms with Gasteiger partial charge in [-0.25, -0.2) is 0 Å². The Balaban J connectivity index is 1.66. The second-order valence-electron chi connectivity index (χ2n) is 9.22. The van der Waals surface area contributed by atoms with Gasteiger partial charge in [-0.05, 0) is 24.3 Å². The van der Waals surface area contributed by atoms with Gasteiger partial charge in [-0.15, -0.1) is 0 Å². The van der Waals surface area contributed by atoms with Crippen molar-refractivity contribution in [2.45, 2.75) is 6.92 Å². The van der Waals surface area contributed by atoms with Crippen molar-refractivity contribution in [2.24, 2.45) is 0 Å². The van der Waals surface area contributed by atoms with Gasteiger partial charge >= 0.3 is 0 Å². The first-order chi connectivity index (χ1) is 22.7. The molecule has 0 saturated carbocycles. The van der Waals surface area contributed by atoms with Gasteiger partial charge in [0.2, 0.25) is 5.91 Å². The van der Waals surface area contributed by atoms with Gasteiger partial charge in [0.25, 0.3) is 0 Å². The van der Waals surface area contributed by atoms with Gasteiger partial charge in [0, 0.05) is 12.6 Å². The molecule has 0 atom stereocenters. The Labute approximate surface area is 273 Å². The maximum atomic E-state index is 11.0. The van der Waals surface area contributed by atoms with Gasteiger partial charge < -0.3 is 62.2 Å². The summed E-state index contributed by atoms with van der Waals surface area (Å²) in [6.45, 7) is 15.9. The number of carbonyl (C=O) groups is 1. The van der Waals surface area contributed by atoms with Crippen LogP contribution in [0.25, 0.3) is 0 Å². The lowest BCUT2D eigenvalue weighted by Crippen LogP contribution is -2.15. The van der Waals surface area contributed by atoms with E-state index in [9.17, 15) is 4.79 Å². The van der Waals surface area contributed by atoms with Gasteiger partial charge in [0.05, 0.1) is 138 Å². The largest absolute Gasteiger partial charge is 0.499 e. The van der Waals surface area contributed by atoms with E-state index < -0.39 is 0 Å². The minimum Gasteiger partial charge on any atom is -0.499 e. The number of benzene rings is 1. The molecule has 0 unspecified atom stereocenters. The summed E-state index contributed by atoms with van der Waals surface area (Å²) in [4.78, 5) is 11.0. The Bertz CT molecular complexity index is 801. The van der Waals surface area contributed by atoms with Crippen LogP contribution >= 0.6 is 0 Å². The van der Waals surface area contributed by atoms with Gasteiger partial charge in [-0.1, -0.05) is 6.58 Å². The predicted molar refractivity (Wildman–Crippen MR) is 171 cm³/mol. The Morgan fingerprint density at radius 1 is 0.500 bits per heavy atom. The maximum Gasteiger partial charge on any atom is 0.221 e. The van der Waals surface area contributed by atoms with Crippen molar-refractivity contribution in [3.8, 4) is 5.75 Å². The maximum absolute atomic E-state index is 11.0. The molecule has 0 heterocycles. The third kappa shape index (κ3) is 30.3. The molecule has 14 heteroatoms. The molecule has 0 bridgehead atoms. The van der Waals surface area contributed by atoms with E-state index in [-0.39, 0.29) is 5.91 Å². The second kappa shape index (κ2) is 34.0. The molecule has 1 rings (SSSR count). The number of ether oxygens (including phenoxy) is 12. The summed E-state index contributed by atoms with van der Waals surface area (Å²) in [5.41, 5.74) is 0.731. The average Bonchev–Trinajstić information content (AvgIpc) is 3.05. The topological polar surface area (TPSA) is 140 Å². The molecule has 1 amide bonds. The second-order valence-corrected chi connectivity index (χ2v) is 9.22. The number of hydrogen-bond donors (Lipinski definition) is 1. The molecule has 0 aliphatic rings. The molecule has 0 aliphatic heterocycles. The van der Waals surface area contributed by atoms with E-state index in [1.807, 2.05) is 0 Å². The van der Waals surface area contributed by atoms with Gasteiger partial charge in [0.1, 0.15) is 19.0 Å². The molecule has 0 saturated heterocycles. The van der Waals surface area contributed by atoms with E-state index >= 15 is 0 Å². The highest BCUT2D eigenvalue weighted by molar-refractivity contribution is 5.88. The molecular weight excluding hydrogens is 606 g/mol. The van der Waals surface area contributed by atoms with Crippen LogP contribution in [0.15, 0.2) is 37.1 Å². The lowest BCUT2D eigenvalue weighted by Gasteiger charge is -2.09. The molecule has 1 aromatic rings. The fourth-order valence-electron chi connectivity index (χ4n) is 3.33. The smallest absolute Gasteiger partial charge is 0.221 e. The Morgan fingerprint density at radius 3 is 1.07 bits per heavy atom. The van der Waals surface area contributed by atoms with Crippen LogP contribution in [-0.2, 0) is 56.9 Å². The first-order valence-corrected chi connectivity index (χ1v) is 15.7. The van der Waals surface area contributed by atoms with Crippen molar-refractivity contribution >= 4 is 11.6 Å². The number of carbonyl (C=O) groups excluding carboxylic acids is 1. The predicted octanol–water partition coefficient (Wildman–Crippen LogP) is 2.35. The molecule has 1 N–H and O–H groups in total. The minimum atomic E-state index is -0.109. The van der Waals surface area contributed by atoms with Crippen LogP contribution in [0.4, 0.5) is 5.69 Å². The summed E-state index contributed by atoms with van der Waals surface area (Å²) >= 11 is 0. The van der Waals surface area contributed by atoms with Crippen LogP contribution in [0.3, 0.4) is 0 Å². The zero-order valence-electron chi connectivity index (χ0n) is 27.5. The number of nitrogens with one attached hydrogen (secondary N) is 1. The molecule has 266 valence electrons. The first kappa shape index (κ1) is 41.7. The number of rotatable bonds is 36. The van der Waals surface area contributed by atoms with Crippen molar-refractivity contribution in [3.63, 3.8) is 0 Å². The summed E-state index contributed by atoms with van der Waals surface area (Å²) < 4.78 is 65.0. The summed E-state index contributed by atoms with van der Waals surface area (Å²) in [6.07, 6.45) is 1.39. The number of hydrogen-bond acceptors (Lipinski definition) is 13. The van der Waals surface area contributed by atoms with E-state index in [1.54, 1.807) is 24.3 Å². The highest BCUT2D eigenvalue weighted by atomic mass is 16.6. The third-order valence-electron chi connectivity index (χ3n) is 5.48. The molecule has 1 aromatic carbocycles. The minimum absolute atomic E-state index is 0.109. The Hall–Kier alpha value is -2.37. The van der Waals surface area contributed by atoms with Crippen LogP contribution in [0.5, 0.6) is 5.75 Å². The fraction of sp³-hybridized carbons (Fsp3) is 0.719. The highest BCUT2D eigenvalue weighted by Gasteiger charge is 1.99. The zero-order valence-corrected chi connectivity index (χ0v) is 27.5. The normalized spacial score (nSPS) is 11.1. The van der Waals surface area contributed by atoms with Crippen LogP contribution in [0.2, 0.25) is 0 Å². The van der Waals surface area contributed by atoms with E-state index in [1.165, 1.54) is 13.2 Å². The van der Waals surface area contributed by atoms with Crippen LogP contribution < -0.4 is 10.1 Å². The average molecular weight is 662 g/mol. The van der Waals surface area contributed by atoms with Crippen molar-refractivity contribution in [1.29, 1.82) is 0 Å². The highest BCUT2D eigenvalue weighted by Crippen LogP contribution is 2.15. The standard InChI is InChI=1S/C32H55NO13/c1-3-35-8-9-36-10-11-37-12-13-38-14-15-39-16-17-40-18-19-41-20-21-42-22-23-43-24-25-44-26-27-45-28-29-46-32-6-4-31(5-7-32)33-30(2)34/h3-7H,1,8-29H2,2H3,(H,33,34). The fourth-order valence-corrected chi connectivity index (χ4v) is 3.33. The monoisotopic (exact) mass is 661 g/mol. The molecule has 46 heavy (non-hydrogen) atoms. The molecule has 0 fully saturated rings. The Kier molecular flexibility index (Phi) is 30.8. The van der Waals surface area contributed by atoms with E-state index in [2.05, 4.69) is 11.9 Å². The van der Waals surface area contributed by atoms with Crippen molar-refractivity contribution in [1.82, 2.24) is 0 Å². The van der Waals surface area contributed by atoms with Crippen LogP contribution in [0, 0.1) is 0 Å². The molecule has 0 radical (unpaired) electrons. The first-order valence-electron chi connectivity index (χ1n) is 15.7. The van der Waals surface area contributed by atoms with Crippen molar-refractivity contribution in [3.05, 3.63) is 37.1 Å². The number of amides is 1. The SMILES string of the molecule is C=COCCOCCOCCOCCOCCOCCOCCOCCOCCOCCOCCOc1ccc(NC(C)=O)cc1. The molecule has 0 aromatic heterocycles. The van der Waals surface area contributed by atoms with Crippen LogP contribution in [0.1, 0.15) is 6.92 Å².